The molecule has 2 heterocycles. The fraction of sp³-hybridized carbons (Fsp3) is 0.475. The standard InChI is InChI=1S/C40H46Cl3NO11/c1-23-24(2)33(52-26(4)45)37(51-25(23)3)55-35-32(44-38(48)49-22-39(41,42)43)36(47)54-31(34(35)53-27(5)46)21-50-40(28-15-9-6-10-16-28,29-17-11-7-12-18-29)30-19-13-8-14-20-30/h6-20,23-25,31-37,47H,21-22H2,1-5H3,(H,44,48)/t23-,24-,25?,31?,32?,33?,34-,35+,36?,37-/m0/s1. The molecule has 12 nitrogen and oxygen atoms in total. The van der Waals surface area contributed by atoms with E-state index in [9.17, 15) is 19.5 Å². The summed E-state index contributed by atoms with van der Waals surface area (Å²) in [7, 11) is 0. The second-order valence-electron chi connectivity index (χ2n) is 13.7. The molecule has 0 spiro atoms. The van der Waals surface area contributed by atoms with Gasteiger partial charge in [0.2, 0.25) is 3.79 Å². The quantitative estimate of drug-likeness (QED) is 0.0900. The number of alkyl carbamates (subject to hydrolysis) is 1. The number of amides is 1. The van der Waals surface area contributed by atoms with E-state index in [1.807, 2.05) is 112 Å². The largest absolute Gasteiger partial charge is 0.457 e. The molecule has 2 N–H and O–H groups in total. The summed E-state index contributed by atoms with van der Waals surface area (Å²) in [4.78, 5) is 38.2. The number of ether oxygens (including phenoxy) is 7. The van der Waals surface area contributed by atoms with E-state index in [-0.39, 0.29) is 24.5 Å². The molecule has 15 heteroatoms. The highest BCUT2D eigenvalue weighted by atomic mass is 35.6. The van der Waals surface area contributed by atoms with Crippen LogP contribution >= 0.6 is 34.8 Å². The average molecular weight is 823 g/mol. The number of halogens is 3. The van der Waals surface area contributed by atoms with E-state index in [1.54, 1.807) is 0 Å². The molecule has 1 amide bonds. The minimum atomic E-state index is -1.93. The Balaban J connectivity index is 1.57. The van der Waals surface area contributed by atoms with Crippen LogP contribution in [0, 0.1) is 11.8 Å². The number of aliphatic hydroxyl groups is 1. The number of hydrogen-bond donors (Lipinski definition) is 2. The second-order valence-corrected chi connectivity index (χ2v) is 16.2. The first-order valence-corrected chi connectivity index (χ1v) is 19.0. The molecule has 55 heavy (non-hydrogen) atoms. The third-order valence-electron chi connectivity index (χ3n) is 9.92. The highest BCUT2D eigenvalue weighted by Gasteiger charge is 2.54. The van der Waals surface area contributed by atoms with Gasteiger partial charge in [-0.05, 0) is 29.5 Å². The van der Waals surface area contributed by atoms with Crippen LogP contribution in [0.25, 0.3) is 0 Å². The number of carbonyl (C=O) groups excluding carboxylic acids is 3. The predicted molar refractivity (Wildman–Crippen MR) is 203 cm³/mol. The van der Waals surface area contributed by atoms with Crippen LogP contribution in [-0.4, -0.2) is 89.3 Å². The number of benzene rings is 3. The third-order valence-corrected chi connectivity index (χ3v) is 10.2. The van der Waals surface area contributed by atoms with Crippen LogP contribution in [0.5, 0.6) is 0 Å². The SMILES string of the molecule is CC(=O)OC1[C@H](O[C@@H]2C(NC(=O)OCC(Cl)(Cl)Cl)C(O)OC(COC(c3ccccc3)(c3ccccc3)c3ccccc3)[C@@H]2OC(C)=O)OC(C)[C@@H](C)[C@@H]1C. The zero-order valence-corrected chi connectivity index (χ0v) is 33.3. The number of nitrogens with one attached hydrogen (secondary N) is 1. The maximum absolute atomic E-state index is 13.1. The predicted octanol–water partition coefficient (Wildman–Crippen LogP) is 6.44. The van der Waals surface area contributed by atoms with Crippen molar-refractivity contribution in [2.24, 2.45) is 11.8 Å². The molecule has 2 aliphatic rings. The van der Waals surface area contributed by atoms with E-state index in [2.05, 4.69) is 5.32 Å². The number of esters is 2. The third kappa shape index (κ3) is 10.5. The number of rotatable bonds is 12. The fourth-order valence-corrected chi connectivity index (χ4v) is 7.17. The summed E-state index contributed by atoms with van der Waals surface area (Å²) in [5.41, 5.74) is 1.13. The smallest absolute Gasteiger partial charge is 0.407 e. The van der Waals surface area contributed by atoms with Crippen molar-refractivity contribution in [2.45, 2.75) is 93.2 Å². The van der Waals surface area contributed by atoms with Crippen LogP contribution in [0.1, 0.15) is 51.3 Å². The minimum absolute atomic E-state index is 0.0530. The van der Waals surface area contributed by atoms with Crippen LogP contribution in [0.3, 0.4) is 0 Å². The molecule has 2 saturated heterocycles. The Kier molecular flexibility index (Phi) is 14.5. The number of alkyl halides is 3. The molecule has 5 rings (SSSR count). The zero-order chi connectivity index (χ0) is 39.9. The molecule has 2 fully saturated rings. The first-order chi connectivity index (χ1) is 26.1. The van der Waals surface area contributed by atoms with Gasteiger partial charge in [0.1, 0.15) is 30.5 Å². The number of aliphatic hydroxyl groups excluding tert-OH is 1. The summed E-state index contributed by atoms with van der Waals surface area (Å²) >= 11 is 17.4. The summed E-state index contributed by atoms with van der Waals surface area (Å²) in [5, 5.41) is 14.1. The van der Waals surface area contributed by atoms with Crippen LogP contribution in [0.2, 0.25) is 0 Å². The van der Waals surface area contributed by atoms with Gasteiger partial charge in [-0.25, -0.2) is 4.79 Å². The van der Waals surface area contributed by atoms with Gasteiger partial charge in [-0.15, -0.1) is 0 Å². The Morgan fingerprint density at radius 1 is 0.727 bits per heavy atom. The van der Waals surface area contributed by atoms with Crippen LogP contribution in [0.4, 0.5) is 4.79 Å². The van der Waals surface area contributed by atoms with Crippen molar-refractivity contribution in [3.63, 3.8) is 0 Å². The number of carbonyl (C=O) groups is 3. The summed E-state index contributed by atoms with van der Waals surface area (Å²) < 4.78 is 40.7. The molecular formula is C40H46Cl3NO11. The highest BCUT2D eigenvalue weighted by Crippen LogP contribution is 2.42. The lowest BCUT2D eigenvalue weighted by Crippen LogP contribution is -2.67. The molecule has 298 valence electrons. The number of hydrogen-bond acceptors (Lipinski definition) is 11. The van der Waals surface area contributed by atoms with Crippen molar-refractivity contribution in [1.29, 1.82) is 0 Å². The molecular weight excluding hydrogens is 777 g/mol. The molecule has 3 aromatic rings. The normalized spacial score (nSPS) is 28.5. The van der Waals surface area contributed by atoms with Gasteiger partial charge in [-0.1, -0.05) is 140 Å². The maximum atomic E-state index is 13.1. The summed E-state index contributed by atoms with van der Waals surface area (Å²) in [6.07, 6.45) is -9.39. The molecule has 2 aliphatic heterocycles. The monoisotopic (exact) mass is 821 g/mol. The van der Waals surface area contributed by atoms with Crippen molar-refractivity contribution in [3.8, 4) is 0 Å². The lowest BCUT2D eigenvalue weighted by Gasteiger charge is -2.49. The molecule has 5 unspecified atom stereocenters. The Hall–Kier alpha value is -3.46. The Morgan fingerprint density at radius 3 is 1.69 bits per heavy atom. The Morgan fingerprint density at radius 2 is 1.22 bits per heavy atom. The molecule has 0 radical (unpaired) electrons. The fourth-order valence-electron chi connectivity index (χ4n) is 7.01. The lowest BCUT2D eigenvalue weighted by molar-refractivity contribution is -0.329. The van der Waals surface area contributed by atoms with Gasteiger partial charge in [-0.2, -0.15) is 0 Å². The molecule has 0 aliphatic carbocycles. The molecule has 0 aromatic heterocycles. The van der Waals surface area contributed by atoms with E-state index >= 15 is 0 Å². The second kappa shape index (κ2) is 18.7. The average Bonchev–Trinajstić information content (AvgIpc) is 3.15. The first-order valence-electron chi connectivity index (χ1n) is 17.9. The van der Waals surface area contributed by atoms with Gasteiger partial charge in [-0.3, -0.25) is 9.59 Å². The summed E-state index contributed by atoms with van der Waals surface area (Å²) in [6.45, 7) is 7.26. The summed E-state index contributed by atoms with van der Waals surface area (Å²) in [5.74, 6) is -1.60. The molecule has 0 bridgehead atoms. The Labute approximate surface area is 335 Å². The Bertz CT molecular complexity index is 1620. The van der Waals surface area contributed by atoms with Crippen LogP contribution < -0.4 is 5.32 Å². The zero-order valence-electron chi connectivity index (χ0n) is 31.0. The first kappa shape index (κ1) is 42.7. The van der Waals surface area contributed by atoms with Crippen LogP contribution in [0.15, 0.2) is 91.0 Å². The minimum Gasteiger partial charge on any atom is -0.457 e. The van der Waals surface area contributed by atoms with Gasteiger partial charge < -0.3 is 43.6 Å². The van der Waals surface area contributed by atoms with Crippen molar-refractivity contribution in [1.82, 2.24) is 5.32 Å². The summed E-state index contributed by atoms with van der Waals surface area (Å²) in [6, 6.07) is 27.3. The highest BCUT2D eigenvalue weighted by molar-refractivity contribution is 6.67. The van der Waals surface area contributed by atoms with Gasteiger partial charge in [0.25, 0.3) is 0 Å². The lowest BCUT2D eigenvalue weighted by atomic mass is 9.80. The maximum Gasteiger partial charge on any atom is 0.407 e. The van der Waals surface area contributed by atoms with E-state index in [1.165, 1.54) is 13.8 Å². The van der Waals surface area contributed by atoms with Crippen molar-refractivity contribution in [2.75, 3.05) is 13.2 Å². The van der Waals surface area contributed by atoms with Gasteiger partial charge in [0.15, 0.2) is 24.8 Å². The van der Waals surface area contributed by atoms with E-state index in [4.69, 9.17) is 68.0 Å². The van der Waals surface area contributed by atoms with Crippen molar-refractivity contribution < 1.29 is 52.6 Å². The van der Waals surface area contributed by atoms with Crippen LogP contribution in [-0.2, 0) is 48.3 Å². The molecule has 3 aromatic carbocycles. The van der Waals surface area contributed by atoms with Gasteiger partial charge in [0, 0.05) is 19.8 Å². The molecule has 10 atom stereocenters. The van der Waals surface area contributed by atoms with Crippen molar-refractivity contribution >= 4 is 52.8 Å². The van der Waals surface area contributed by atoms with Crippen molar-refractivity contribution in [3.05, 3.63) is 108 Å². The van der Waals surface area contributed by atoms with Gasteiger partial charge >= 0.3 is 18.0 Å². The van der Waals surface area contributed by atoms with E-state index < -0.39 is 77.1 Å². The molecule has 0 saturated carbocycles. The van der Waals surface area contributed by atoms with Gasteiger partial charge in [0.05, 0.1) is 12.7 Å². The topological polar surface area (TPSA) is 148 Å². The van der Waals surface area contributed by atoms with E-state index in [0.29, 0.717) is 0 Å². The van der Waals surface area contributed by atoms with E-state index in [0.717, 1.165) is 16.7 Å².